The van der Waals surface area contributed by atoms with Crippen LogP contribution in [0.25, 0.3) is 11.0 Å². The molecule has 8 heteroatoms. The first-order valence-corrected chi connectivity index (χ1v) is 7.96. The van der Waals surface area contributed by atoms with E-state index < -0.39 is 0 Å². The van der Waals surface area contributed by atoms with E-state index in [1.807, 2.05) is 10.6 Å². The average molecular weight is 318 g/mol. The molecule has 116 valence electrons. The van der Waals surface area contributed by atoms with Crippen molar-refractivity contribution in [3.8, 4) is 0 Å². The molecule has 7 nitrogen and oxygen atoms in total. The van der Waals surface area contributed by atoms with Crippen LogP contribution in [0.4, 0.5) is 0 Å². The number of benzene rings is 1. The number of hydrogen-bond donors (Lipinski definition) is 2. The summed E-state index contributed by atoms with van der Waals surface area (Å²) in [7, 11) is 0. The number of carbonyl (C=O) groups excluding carboxylic acids is 1. The number of thioether (sulfide) groups is 1. The summed E-state index contributed by atoms with van der Waals surface area (Å²) in [6, 6.07) is 5.40. The average Bonchev–Trinajstić information content (AvgIpc) is 2.94. The number of nitrogens with two attached hydrogens (primary N) is 1. The molecule has 0 atom stereocenters. The molecule has 1 aromatic heterocycles. The SMILES string of the molecule is C=N/N=C(/NC(=O)c1ccc2c(c1)ncn2CCCN)SC. The minimum atomic E-state index is -0.254. The first-order valence-electron chi connectivity index (χ1n) is 6.73. The molecule has 2 rings (SSSR count). The lowest BCUT2D eigenvalue weighted by atomic mass is 10.2. The van der Waals surface area contributed by atoms with Crippen LogP contribution in [0.2, 0.25) is 0 Å². The number of aryl methyl sites for hydroxylation is 1. The van der Waals surface area contributed by atoms with Crippen LogP contribution >= 0.6 is 11.8 Å². The Morgan fingerprint density at radius 2 is 2.36 bits per heavy atom. The van der Waals surface area contributed by atoms with E-state index in [0.29, 0.717) is 17.3 Å². The summed E-state index contributed by atoms with van der Waals surface area (Å²) in [6.45, 7) is 4.72. The summed E-state index contributed by atoms with van der Waals surface area (Å²) in [4.78, 5) is 16.5. The van der Waals surface area contributed by atoms with E-state index in [-0.39, 0.29) is 5.91 Å². The Hall–Kier alpha value is -2.19. The first-order chi connectivity index (χ1) is 10.7. The van der Waals surface area contributed by atoms with Crippen LogP contribution in [0.15, 0.2) is 34.7 Å². The van der Waals surface area contributed by atoms with Gasteiger partial charge in [0.05, 0.1) is 17.4 Å². The number of hydrogen-bond acceptors (Lipinski definition) is 6. The monoisotopic (exact) mass is 318 g/mol. The van der Waals surface area contributed by atoms with E-state index in [2.05, 4.69) is 27.2 Å². The fraction of sp³-hybridized carbons (Fsp3) is 0.286. The van der Waals surface area contributed by atoms with Crippen LogP contribution in [0.5, 0.6) is 0 Å². The third-order valence-corrected chi connectivity index (χ3v) is 3.63. The number of amidine groups is 1. The largest absolute Gasteiger partial charge is 0.331 e. The molecule has 0 saturated heterocycles. The number of rotatable bonds is 5. The Kier molecular flexibility index (Phi) is 5.68. The van der Waals surface area contributed by atoms with Gasteiger partial charge in [-0.05, 0) is 37.4 Å². The quantitative estimate of drug-likeness (QED) is 0.495. The molecule has 0 spiro atoms. The van der Waals surface area contributed by atoms with Crippen molar-refractivity contribution in [1.29, 1.82) is 0 Å². The fourth-order valence-electron chi connectivity index (χ4n) is 2.00. The summed E-state index contributed by atoms with van der Waals surface area (Å²) in [5.41, 5.74) is 7.80. The van der Waals surface area contributed by atoms with Gasteiger partial charge in [0, 0.05) is 18.8 Å². The van der Waals surface area contributed by atoms with Gasteiger partial charge < -0.3 is 10.3 Å². The second-order valence-electron chi connectivity index (χ2n) is 4.49. The van der Waals surface area contributed by atoms with Gasteiger partial charge >= 0.3 is 0 Å². The van der Waals surface area contributed by atoms with Crippen molar-refractivity contribution >= 4 is 40.6 Å². The molecule has 1 amide bonds. The van der Waals surface area contributed by atoms with Gasteiger partial charge in [0.1, 0.15) is 0 Å². The maximum atomic E-state index is 12.2. The van der Waals surface area contributed by atoms with Crippen molar-refractivity contribution in [3.05, 3.63) is 30.1 Å². The number of nitrogens with one attached hydrogen (secondary N) is 1. The molecule has 0 aliphatic heterocycles. The lowest BCUT2D eigenvalue weighted by molar-refractivity contribution is 0.0978. The Labute approximate surface area is 132 Å². The number of imidazole rings is 1. The van der Waals surface area contributed by atoms with E-state index in [4.69, 9.17) is 5.73 Å². The Morgan fingerprint density at radius 3 is 3.05 bits per heavy atom. The highest BCUT2D eigenvalue weighted by atomic mass is 32.2. The zero-order chi connectivity index (χ0) is 15.9. The van der Waals surface area contributed by atoms with Crippen molar-refractivity contribution < 1.29 is 4.79 Å². The summed E-state index contributed by atoms with van der Waals surface area (Å²) < 4.78 is 2.03. The Morgan fingerprint density at radius 1 is 1.55 bits per heavy atom. The minimum Gasteiger partial charge on any atom is -0.331 e. The first kappa shape index (κ1) is 16.2. The third-order valence-electron chi connectivity index (χ3n) is 3.06. The van der Waals surface area contributed by atoms with Crippen LogP contribution in [-0.2, 0) is 6.54 Å². The van der Waals surface area contributed by atoms with Crippen LogP contribution < -0.4 is 11.1 Å². The van der Waals surface area contributed by atoms with E-state index in [9.17, 15) is 4.79 Å². The molecular formula is C14H18N6OS. The van der Waals surface area contributed by atoms with E-state index in [0.717, 1.165) is 24.0 Å². The van der Waals surface area contributed by atoms with Crippen molar-refractivity contribution in [2.45, 2.75) is 13.0 Å². The summed E-state index contributed by atoms with van der Waals surface area (Å²) >= 11 is 1.29. The molecule has 2 aromatic rings. The lowest BCUT2D eigenvalue weighted by Crippen LogP contribution is -2.28. The van der Waals surface area contributed by atoms with Crippen molar-refractivity contribution in [3.63, 3.8) is 0 Å². The molecule has 0 unspecified atom stereocenters. The van der Waals surface area contributed by atoms with Crippen molar-refractivity contribution in [2.24, 2.45) is 15.9 Å². The molecule has 22 heavy (non-hydrogen) atoms. The molecule has 0 radical (unpaired) electrons. The molecular weight excluding hydrogens is 300 g/mol. The van der Waals surface area contributed by atoms with Crippen LogP contribution in [0.3, 0.4) is 0 Å². The highest BCUT2D eigenvalue weighted by Gasteiger charge is 2.11. The van der Waals surface area contributed by atoms with Crippen molar-refractivity contribution in [2.75, 3.05) is 12.8 Å². The van der Waals surface area contributed by atoms with E-state index in [1.165, 1.54) is 11.8 Å². The van der Waals surface area contributed by atoms with E-state index in [1.54, 1.807) is 24.7 Å². The van der Waals surface area contributed by atoms with Crippen LogP contribution in [-0.4, -0.2) is 40.1 Å². The normalized spacial score (nSPS) is 11.6. The molecule has 0 fully saturated rings. The maximum Gasteiger partial charge on any atom is 0.257 e. The Balaban J connectivity index is 2.20. The number of amides is 1. The van der Waals surface area contributed by atoms with Gasteiger partial charge in [0.2, 0.25) is 0 Å². The zero-order valence-corrected chi connectivity index (χ0v) is 13.1. The van der Waals surface area contributed by atoms with Gasteiger partial charge in [0.25, 0.3) is 5.91 Å². The number of fused-ring (bicyclic) bond motifs is 1. The highest BCUT2D eigenvalue weighted by molar-refractivity contribution is 8.13. The third kappa shape index (κ3) is 3.71. The summed E-state index contributed by atoms with van der Waals surface area (Å²) in [5.74, 6) is -0.254. The molecule has 0 aliphatic carbocycles. The summed E-state index contributed by atoms with van der Waals surface area (Å²) in [5, 5.41) is 10.2. The fourth-order valence-corrected chi connectivity index (χ4v) is 2.33. The van der Waals surface area contributed by atoms with Gasteiger partial charge in [-0.1, -0.05) is 11.8 Å². The number of carbonyl (C=O) groups is 1. The molecule has 0 saturated carbocycles. The van der Waals surface area contributed by atoms with Crippen LogP contribution in [0, 0.1) is 0 Å². The highest BCUT2D eigenvalue weighted by Crippen LogP contribution is 2.15. The number of aromatic nitrogens is 2. The van der Waals surface area contributed by atoms with Gasteiger partial charge in [-0.15, -0.1) is 5.10 Å². The van der Waals surface area contributed by atoms with Gasteiger partial charge in [-0.3, -0.25) is 10.1 Å². The lowest BCUT2D eigenvalue weighted by Gasteiger charge is -2.06. The maximum absolute atomic E-state index is 12.2. The summed E-state index contributed by atoms with van der Waals surface area (Å²) in [6.07, 6.45) is 4.45. The molecule has 1 heterocycles. The van der Waals surface area contributed by atoms with E-state index >= 15 is 0 Å². The van der Waals surface area contributed by atoms with Gasteiger partial charge in [0.15, 0.2) is 5.17 Å². The van der Waals surface area contributed by atoms with Gasteiger partial charge in [-0.25, -0.2) is 4.98 Å². The molecule has 1 aromatic carbocycles. The van der Waals surface area contributed by atoms with Gasteiger partial charge in [-0.2, -0.15) is 5.10 Å². The second-order valence-corrected chi connectivity index (χ2v) is 5.28. The zero-order valence-electron chi connectivity index (χ0n) is 12.3. The standard InChI is InChI=1S/C14H18N6OS/c1-16-19-14(22-2)18-13(21)10-4-5-12-11(8-10)17-9-20(12)7-3-6-15/h4-5,8-9H,1,3,6-7,15H2,2H3,(H,18,19,21). The Bertz CT molecular complexity index is 708. The topological polar surface area (TPSA) is 97.7 Å². The van der Waals surface area contributed by atoms with Crippen LogP contribution in [0.1, 0.15) is 16.8 Å². The number of nitrogens with zero attached hydrogens (tertiary/aromatic N) is 4. The second kappa shape index (κ2) is 7.71. The molecule has 0 aliphatic rings. The van der Waals surface area contributed by atoms with Crippen molar-refractivity contribution in [1.82, 2.24) is 14.9 Å². The smallest absolute Gasteiger partial charge is 0.257 e. The minimum absolute atomic E-state index is 0.254. The molecule has 3 N–H and O–H groups in total. The predicted molar refractivity (Wildman–Crippen MR) is 91.4 cm³/mol. The predicted octanol–water partition coefficient (Wildman–Crippen LogP) is 1.45. The molecule has 0 bridgehead atoms.